The molecule has 1 aliphatic carbocycles. The van der Waals surface area contributed by atoms with Crippen molar-refractivity contribution in [1.82, 2.24) is 19.9 Å². The number of fused-ring (bicyclic) bond motifs is 1. The third-order valence-corrected chi connectivity index (χ3v) is 4.38. The maximum absolute atomic E-state index is 4.62. The average molecular weight is 288 g/mol. The molecular formula is C15H24N6. The highest BCUT2D eigenvalue weighted by molar-refractivity contribution is 5.83. The molecule has 2 heterocycles. The average Bonchev–Trinajstić information content (AvgIpc) is 2.97. The van der Waals surface area contributed by atoms with Gasteiger partial charge in [-0.15, -0.1) is 0 Å². The normalized spacial score (nSPS) is 22.4. The monoisotopic (exact) mass is 288 g/mol. The summed E-state index contributed by atoms with van der Waals surface area (Å²) in [5.74, 6) is 2.25. The zero-order valence-corrected chi connectivity index (χ0v) is 12.8. The molecule has 2 atom stereocenters. The van der Waals surface area contributed by atoms with E-state index in [1.54, 1.807) is 6.33 Å². The van der Waals surface area contributed by atoms with E-state index in [9.17, 15) is 0 Å². The van der Waals surface area contributed by atoms with Gasteiger partial charge in [-0.2, -0.15) is 9.97 Å². The van der Waals surface area contributed by atoms with Crippen molar-refractivity contribution in [2.75, 3.05) is 17.2 Å². The van der Waals surface area contributed by atoms with Crippen LogP contribution in [0.4, 0.5) is 11.8 Å². The molecule has 0 spiro atoms. The molecule has 0 amide bonds. The summed E-state index contributed by atoms with van der Waals surface area (Å²) in [5, 5.41) is 6.82. The maximum atomic E-state index is 4.62. The Labute approximate surface area is 125 Å². The Bertz CT molecular complexity index is 593. The van der Waals surface area contributed by atoms with Crippen molar-refractivity contribution in [3.63, 3.8) is 0 Å². The summed E-state index contributed by atoms with van der Waals surface area (Å²) in [5.41, 5.74) is 1.62. The fourth-order valence-electron chi connectivity index (χ4n) is 3.24. The Morgan fingerprint density at radius 2 is 2.10 bits per heavy atom. The molecule has 21 heavy (non-hydrogen) atoms. The van der Waals surface area contributed by atoms with Crippen LogP contribution in [0.1, 0.15) is 46.0 Å². The van der Waals surface area contributed by atoms with E-state index in [2.05, 4.69) is 37.5 Å². The number of hydrogen-bond acceptors (Lipinski definition) is 5. The van der Waals surface area contributed by atoms with Gasteiger partial charge in [0.05, 0.1) is 6.33 Å². The van der Waals surface area contributed by atoms with Crippen LogP contribution in [0.15, 0.2) is 6.33 Å². The van der Waals surface area contributed by atoms with Crippen LogP contribution < -0.4 is 10.6 Å². The molecule has 0 radical (unpaired) electrons. The SMILES string of the molecule is CCNc1nc(NC2CCCCC2CC)c2[nH]cnc2n1. The second kappa shape index (κ2) is 6.28. The summed E-state index contributed by atoms with van der Waals surface area (Å²) in [6.45, 7) is 5.12. The van der Waals surface area contributed by atoms with Gasteiger partial charge in [0.25, 0.3) is 0 Å². The number of aromatic amines is 1. The molecule has 6 heteroatoms. The fourth-order valence-corrected chi connectivity index (χ4v) is 3.24. The van der Waals surface area contributed by atoms with Crippen LogP contribution in [0, 0.1) is 5.92 Å². The summed E-state index contributed by atoms with van der Waals surface area (Å²) < 4.78 is 0. The van der Waals surface area contributed by atoms with Crippen LogP contribution in [0.25, 0.3) is 11.2 Å². The smallest absolute Gasteiger partial charge is 0.226 e. The Morgan fingerprint density at radius 3 is 2.90 bits per heavy atom. The molecule has 1 saturated carbocycles. The lowest BCUT2D eigenvalue weighted by atomic mass is 9.83. The molecule has 2 aromatic rings. The molecule has 2 unspecified atom stereocenters. The van der Waals surface area contributed by atoms with E-state index in [-0.39, 0.29) is 0 Å². The van der Waals surface area contributed by atoms with Crippen LogP contribution in [0.5, 0.6) is 0 Å². The van der Waals surface area contributed by atoms with Crippen molar-refractivity contribution >= 4 is 22.9 Å². The summed E-state index contributed by atoms with van der Waals surface area (Å²) in [6.07, 6.45) is 8.07. The maximum Gasteiger partial charge on any atom is 0.226 e. The molecule has 2 aromatic heterocycles. The van der Waals surface area contributed by atoms with E-state index in [4.69, 9.17) is 0 Å². The summed E-state index contributed by atoms with van der Waals surface area (Å²) in [6, 6.07) is 0.500. The predicted molar refractivity (Wildman–Crippen MR) is 85.5 cm³/mol. The first kappa shape index (κ1) is 14.1. The largest absolute Gasteiger partial charge is 0.365 e. The van der Waals surface area contributed by atoms with Crippen molar-refractivity contribution in [2.24, 2.45) is 5.92 Å². The number of aromatic nitrogens is 4. The number of hydrogen-bond donors (Lipinski definition) is 3. The highest BCUT2D eigenvalue weighted by atomic mass is 15.2. The first-order chi connectivity index (χ1) is 10.3. The number of anilines is 2. The van der Waals surface area contributed by atoms with E-state index in [0.29, 0.717) is 17.6 Å². The molecule has 114 valence electrons. The first-order valence-electron chi connectivity index (χ1n) is 8.03. The molecule has 1 fully saturated rings. The lowest BCUT2D eigenvalue weighted by Gasteiger charge is -2.32. The van der Waals surface area contributed by atoms with Gasteiger partial charge in [-0.05, 0) is 25.7 Å². The minimum atomic E-state index is 0.500. The van der Waals surface area contributed by atoms with Gasteiger partial charge in [0.15, 0.2) is 11.5 Å². The Morgan fingerprint density at radius 1 is 1.24 bits per heavy atom. The van der Waals surface area contributed by atoms with Crippen LogP contribution in [0.3, 0.4) is 0 Å². The lowest BCUT2D eigenvalue weighted by molar-refractivity contribution is 0.317. The minimum absolute atomic E-state index is 0.500. The molecule has 3 rings (SSSR count). The summed E-state index contributed by atoms with van der Waals surface area (Å²) in [4.78, 5) is 16.5. The second-order valence-electron chi connectivity index (χ2n) is 5.73. The van der Waals surface area contributed by atoms with Gasteiger partial charge >= 0.3 is 0 Å². The van der Waals surface area contributed by atoms with Gasteiger partial charge in [-0.1, -0.05) is 26.2 Å². The van der Waals surface area contributed by atoms with E-state index in [1.807, 2.05) is 6.92 Å². The third-order valence-electron chi connectivity index (χ3n) is 4.38. The molecule has 6 nitrogen and oxygen atoms in total. The first-order valence-corrected chi connectivity index (χ1v) is 8.03. The van der Waals surface area contributed by atoms with Crippen molar-refractivity contribution in [3.05, 3.63) is 6.33 Å². The molecule has 0 aliphatic heterocycles. The Hall–Kier alpha value is -1.85. The van der Waals surface area contributed by atoms with Crippen LogP contribution in [0.2, 0.25) is 0 Å². The second-order valence-corrected chi connectivity index (χ2v) is 5.73. The van der Waals surface area contributed by atoms with Crippen LogP contribution >= 0.6 is 0 Å². The summed E-state index contributed by atoms with van der Waals surface area (Å²) >= 11 is 0. The van der Waals surface area contributed by atoms with Crippen molar-refractivity contribution < 1.29 is 0 Å². The highest BCUT2D eigenvalue weighted by Crippen LogP contribution is 2.30. The lowest BCUT2D eigenvalue weighted by Crippen LogP contribution is -2.32. The van der Waals surface area contributed by atoms with Crippen molar-refractivity contribution in [1.29, 1.82) is 0 Å². The highest BCUT2D eigenvalue weighted by Gasteiger charge is 2.25. The van der Waals surface area contributed by atoms with E-state index < -0.39 is 0 Å². The molecule has 3 N–H and O–H groups in total. The van der Waals surface area contributed by atoms with Gasteiger partial charge < -0.3 is 15.6 Å². The number of H-pyrrole nitrogens is 1. The predicted octanol–water partition coefficient (Wildman–Crippen LogP) is 3.17. The Balaban J connectivity index is 1.89. The van der Waals surface area contributed by atoms with Crippen molar-refractivity contribution in [2.45, 2.75) is 52.0 Å². The quantitative estimate of drug-likeness (QED) is 0.787. The third kappa shape index (κ3) is 2.94. The van der Waals surface area contributed by atoms with Crippen LogP contribution in [-0.4, -0.2) is 32.5 Å². The van der Waals surface area contributed by atoms with Gasteiger partial charge in [-0.25, -0.2) is 4.98 Å². The molecule has 0 bridgehead atoms. The minimum Gasteiger partial charge on any atom is -0.365 e. The summed E-state index contributed by atoms with van der Waals surface area (Å²) in [7, 11) is 0. The van der Waals surface area contributed by atoms with Gasteiger partial charge in [0, 0.05) is 12.6 Å². The Kier molecular flexibility index (Phi) is 4.22. The van der Waals surface area contributed by atoms with E-state index in [1.165, 1.54) is 32.1 Å². The fraction of sp³-hybridized carbons (Fsp3) is 0.667. The van der Waals surface area contributed by atoms with E-state index in [0.717, 1.165) is 23.8 Å². The molecule has 0 aromatic carbocycles. The standard InChI is InChI=1S/C15H24N6/c1-3-10-7-5-6-8-11(10)19-14-12-13(18-9-17-12)20-15(21-14)16-4-2/h9-11H,3-8H2,1-2H3,(H3,16,17,18,19,20,21). The topological polar surface area (TPSA) is 78.5 Å². The van der Waals surface area contributed by atoms with Gasteiger partial charge in [0.2, 0.25) is 5.95 Å². The van der Waals surface area contributed by atoms with E-state index >= 15 is 0 Å². The number of imidazole rings is 1. The van der Waals surface area contributed by atoms with Gasteiger partial charge in [0.1, 0.15) is 5.52 Å². The zero-order chi connectivity index (χ0) is 14.7. The van der Waals surface area contributed by atoms with Gasteiger partial charge in [-0.3, -0.25) is 0 Å². The zero-order valence-electron chi connectivity index (χ0n) is 12.8. The molecular weight excluding hydrogens is 264 g/mol. The van der Waals surface area contributed by atoms with Crippen LogP contribution in [-0.2, 0) is 0 Å². The van der Waals surface area contributed by atoms with Crippen molar-refractivity contribution in [3.8, 4) is 0 Å². The molecule has 1 aliphatic rings. The molecule has 0 saturated heterocycles. The number of nitrogens with zero attached hydrogens (tertiary/aromatic N) is 3. The number of rotatable bonds is 5. The number of nitrogens with one attached hydrogen (secondary N) is 3.